The lowest BCUT2D eigenvalue weighted by Crippen LogP contribution is -2.47. The number of hydrogen-bond donors (Lipinski definition) is 0. The zero-order chi connectivity index (χ0) is 17.3. The van der Waals surface area contributed by atoms with Gasteiger partial charge in [0.1, 0.15) is 15.9 Å². The summed E-state index contributed by atoms with van der Waals surface area (Å²) in [5, 5.41) is -0.133. The molecule has 5 atom stereocenters. The van der Waals surface area contributed by atoms with Gasteiger partial charge in [-0.3, -0.25) is 4.79 Å². The van der Waals surface area contributed by atoms with Gasteiger partial charge in [-0.15, -0.1) is 0 Å². The average molecular weight is 375 g/mol. The molecule has 0 aromatic carbocycles. The summed E-state index contributed by atoms with van der Waals surface area (Å²) < 4.78 is 35.2. The highest BCUT2D eigenvalue weighted by Crippen LogP contribution is 2.48. The summed E-state index contributed by atoms with van der Waals surface area (Å²) in [4.78, 5) is 12.8. The minimum absolute atomic E-state index is 0.133. The number of Topliss-reactive ketones (excluding diaryl/α,β-unsaturated/α-hetero) is 1. The number of fused-ring (bicyclic) bond motifs is 2. The molecule has 3 aliphatic carbocycles. The molecule has 0 aromatic heterocycles. The van der Waals surface area contributed by atoms with Crippen LogP contribution in [-0.2, 0) is 25.8 Å². The second-order valence-electron chi connectivity index (χ2n) is 7.94. The molecule has 138 valence electrons. The number of hydrogen-bond acceptors (Lipinski definition) is 4. The summed E-state index contributed by atoms with van der Waals surface area (Å²) in [6, 6.07) is 0. The zero-order valence-corrected chi connectivity index (χ0v) is 16.2. The smallest absolute Gasteiger partial charge is 0.206 e. The van der Waals surface area contributed by atoms with E-state index in [2.05, 4.69) is 0 Å². The fourth-order valence-electron chi connectivity index (χ4n) is 5.09. The highest BCUT2D eigenvalue weighted by molar-refractivity contribution is 8.10. The summed E-state index contributed by atoms with van der Waals surface area (Å²) in [5.41, 5.74) is 0. The van der Waals surface area contributed by atoms with Crippen molar-refractivity contribution in [2.45, 2.75) is 81.0 Å². The van der Waals surface area contributed by atoms with Crippen LogP contribution in [0.2, 0.25) is 0 Å². The van der Waals surface area contributed by atoms with Crippen molar-refractivity contribution in [3.05, 3.63) is 0 Å². The van der Waals surface area contributed by atoms with E-state index in [4.69, 9.17) is 0 Å². The summed E-state index contributed by atoms with van der Waals surface area (Å²) in [7, 11) is -4.93. The maximum Gasteiger partial charge on any atom is 0.206 e. The van der Waals surface area contributed by atoms with Gasteiger partial charge in [0, 0.05) is 35.1 Å². The monoisotopic (exact) mass is 374 g/mol. The molecule has 3 aliphatic rings. The topological polar surface area (TPSA) is 74.3 Å². The van der Waals surface area contributed by atoms with Gasteiger partial charge < -0.3 is 4.55 Å². The molecule has 0 aromatic rings. The summed E-state index contributed by atoms with van der Waals surface area (Å²) in [6.07, 6.45) is 10.0. The van der Waals surface area contributed by atoms with Crippen LogP contribution in [0.4, 0.5) is 0 Å². The number of rotatable bonds is 7. The van der Waals surface area contributed by atoms with E-state index in [9.17, 15) is 17.8 Å². The second-order valence-corrected chi connectivity index (χ2v) is 12.1. The molecule has 3 fully saturated rings. The van der Waals surface area contributed by atoms with Gasteiger partial charge in [-0.25, -0.2) is 8.42 Å². The Bertz CT molecular complexity index is 553. The van der Waals surface area contributed by atoms with E-state index in [1.54, 1.807) is 0 Å². The van der Waals surface area contributed by atoms with Crippen LogP contribution in [0.25, 0.3) is 0 Å². The molecule has 3 saturated carbocycles. The lowest BCUT2D eigenvalue weighted by atomic mass is 9.91. The molecular weight excluding hydrogens is 344 g/mol. The van der Waals surface area contributed by atoms with Gasteiger partial charge >= 0.3 is 0 Å². The highest BCUT2D eigenvalue weighted by atomic mass is 32.3. The standard InChI is InChI=1S/C18H30O4S2/c1-2-6-16(24(20,21)22)23(12-13-7-4-3-5-8-13)18-15-10-9-14(11-15)17(18)19/h13-16,18H,2-12H2,1H3. The van der Waals surface area contributed by atoms with Crippen LogP contribution in [0.5, 0.6) is 0 Å². The van der Waals surface area contributed by atoms with Crippen molar-refractivity contribution in [3.8, 4) is 0 Å². The van der Waals surface area contributed by atoms with Crippen molar-refractivity contribution in [1.82, 2.24) is 0 Å². The second kappa shape index (κ2) is 7.67. The predicted molar refractivity (Wildman–Crippen MR) is 96.8 cm³/mol. The molecule has 0 N–H and O–H groups in total. The molecule has 6 heteroatoms. The third kappa shape index (κ3) is 3.85. The van der Waals surface area contributed by atoms with Crippen molar-refractivity contribution in [3.63, 3.8) is 0 Å². The van der Waals surface area contributed by atoms with Crippen LogP contribution in [0.3, 0.4) is 0 Å². The minimum atomic E-state index is -4.34. The van der Waals surface area contributed by atoms with E-state index >= 15 is 0 Å². The van der Waals surface area contributed by atoms with Crippen LogP contribution >= 0.6 is 0 Å². The third-order valence-electron chi connectivity index (χ3n) is 6.25. The lowest BCUT2D eigenvalue weighted by Gasteiger charge is -2.32. The Morgan fingerprint density at radius 3 is 2.42 bits per heavy atom. The fraction of sp³-hybridized carbons (Fsp3) is 0.944. The molecule has 0 heterocycles. The van der Waals surface area contributed by atoms with Crippen molar-refractivity contribution in [2.75, 3.05) is 5.75 Å². The molecule has 0 spiro atoms. The molecule has 4 nitrogen and oxygen atoms in total. The van der Waals surface area contributed by atoms with E-state index in [0.717, 1.165) is 37.9 Å². The van der Waals surface area contributed by atoms with Gasteiger partial charge in [0.05, 0.1) is 0 Å². The zero-order valence-electron chi connectivity index (χ0n) is 14.6. The first-order valence-electron chi connectivity index (χ1n) is 9.58. The average Bonchev–Trinajstić information content (AvgIpc) is 3.12. The summed E-state index contributed by atoms with van der Waals surface area (Å²) in [5.74, 6) is 2.09. The van der Waals surface area contributed by atoms with E-state index in [1.807, 2.05) is 6.92 Å². The third-order valence-corrected chi connectivity index (χ3v) is 11.6. The van der Waals surface area contributed by atoms with E-state index in [1.165, 1.54) is 19.3 Å². The Kier molecular flexibility index (Phi) is 5.98. The molecule has 0 amide bonds. The van der Waals surface area contributed by atoms with Gasteiger partial charge in [-0.2, -0.15) is 0 Å². The number of carbonyl (C=O) groups is 1. The first-order valence-corrected chi connectivity index (χ1v) is 12.6. The van der Waals surface area contributed by atoms with Crippen LogP contribution in [0.15, 0.2) is 0 Å². The quantitative estimate of drug-likeness (QED) is 0.506. The minimum Gasteiger partial charge on any atom is -0.744 e. The molecule has 3 rings (SSSR count). The molecule has 0 saturated heterocycles. The summed E-state index contributed by atoms with van der Waals surface area (Å²) in [6.45, 7) is 1.93. The maximum absolute atomic E-state index is 12.8. The van der Waals surface area contributed by atoms with Gasteiger partial charge in [-0.1, -0.05) is 32.6 Å². The van der Waals surface area contributed by atoms with E-state index < -0.39 is 25.6 Å². The van der Waals surface area contributed by atoms with E-state index in [0.29, 0.717) is 24.7 Å². The number of ketones is 1. The SMILES string of the molecule is CCCC([S+](CC1CCCCC1)C1C(=O)C2CCC1C2)S(=O)(=O)[O-]. The molecular formula is C18H30O4S2. The van der Waals surface area contributed by atoms with Crippen molar-refractivity contribution >= 4 is 26.8 Å². The molecule has 0 radical (unpaired) electrons. The van der Waals surface area contributed by atoms with Gasteiger partial charge in [0.25, 0.3) is 0 Å². The Hall–Kier alpha value is -0.0700. The normalized spacial score (nSPS) is 33.8. The largest absolute Gasteiger partial charge is 0.744 e. The molecule has 2 bridgehead atoms. The van der Waals surface area contributed by atoms with Crippen molar-refractivity contribution in [2.24, 2.45) is 17.8 Å². The van der Waals surface area contributed by atoms with Crippen molar-refractivity contribution in [1.29, 1.82) is 0 Å². The van der Waals surface area contributed by atoms with Crippen LogP contribution in [0.1, 0.15) is 71.1 Å². The van der Waals surface area contributed by atoms with Crippen LogP contribution < -0.4 is 0 Å². The maximum atomic E-state index is 12.8. The van der Waals surface area contributed by atoms with E-state index in [-0.39, 0.29) is 17.0 Å². The molecule has 0 aliphatic heterocycles. The highest BCUT2D eigenvalue weighted by Gasteiger charge is 2.58. The Morgan fingerprint density at radius 2 is 1.88 bits per heavy atom. The van der Waals surface area contributed by atoms with Crippen molar-refractivity contribution < 1.29 is 17.8 Å². The van der Waals surface area contributed by atoms with Gasteiger partial charge in [0.2, 0.25) is 4.58 Å². The lowest BCUT2D eigenvalue weighted by molar-refractivity contribution is -0.121. The molecule has 5 unspecified atom stereocenters. The molecule has 24 heavy (non-hydrogen) atoms. The predicted octanol–water partition coefficient (Wildman–Crippen LogP) is 3.22. The number of carbonyl (C=O) groups excluding carboxylic acids is 1. The van der Waals surface area contributed by atoms with Gasteiger partial charge in [-0.05, 0) is 32.1 Å². The van der Waals surface area contributed by atoms with Crippen LogP contribution in [-0.4, -0.2) is 34.3 Å². The Balaban J connectivity index is 1.86. The first-order chi connectivity index (χ1) is 11.4. The summed E-state index contributed by atoms with van der Waals surface area (Å²) >= 11 is 0. The van der Waals surface area contributed by atoms with Crippen LogP contribution in [0, 0.1) is 17.8 Å². The Morgan fingerprint density at radius 1 is 1.17 bits per heavy atom. The van der Waals surface area contributed by atoms with Gasteiger partial charge in [0.15, 0.2) is 11.0 Å². The first kappa shape index (κ1) is 18.7. The fourth-order valence-corrected chi connectivity index (χ4v) is 10.8. The Labute approximate surface area is 149 Å².